The molecule has 108 valence electrons. The van der Waals surface area contributed by atoms with Crippen LogP contribution in [-0.2, 0) is 6.42 Å². The number of aryl methyl sites for hydroxylation is 1. The third-order valence-electron chi connectivity index (χ3n) is 3.06. The predicted octanol–water partition coefficient (Wildman–Crippen LogP) is 2.98. The van der Waals surface area contributed by atoms with Crippen molar-refractivity contribution in [3.63, 3.8) is 0 Å². The van der Waals surface area contributed by atoms with E-state index in [4.69, 9.17) is 14.7 Å². The van der Waals surface area contributed by atoms with Crippen molar-refractivity contribution in [3.05, 3.63) is 35.8 Å². The Bertz CT molecular complexity index is 678. The molecular weight excluding hydrogens is 266 g/mol. The normalized spacial score (nSPS) is 10.0. The van der Waals surface area contributed by atoms with E-state index >= 15 is 0 Å². The average Bonchev–Trinajstić information content (AvgIpc) is 2.54. The first-order valence-electron chi connectivity index (χ1n) is 6.72. The summed E-state index contributed by atoms with van der Waals surface area (Å²) in [5.41, 5.74) is 2.45. The fraction of sp³-hybridized carbons (Fsp3) is 0.312. The molecule has 0 radical (unpaired) electrons. The van der Waals surface area contributed by atoms with Gasteiger partial charge in [0.25, 0.3) is 0 Å². The molecular formula is C16H17N3O2. The van der Waals surface area contributed by atoms with Crippen LogP contribution in [0.15, 0.2) is 24.3 Å². The van der Waals surface area contributed by atoms with Gasteiger partial charge in [0.15, 0.2) is 11.5 Å². The van der Waals surface area contributed by atoms with Crippen LogP contribution in [0.3, 0.4) is 0 Å². The molecule has 1 aromatic carbocycles. The average molecular weight is 283 g/mol. The number of hydrogen-bond acceptors (Lipinski definition) is 5. The minimum atomic E-state index is 0.186. The molecule has 0 aliphatic heterocycles. The van der Waals surface area contributed by atoms with Gasteiger partial charge in [-0.1, -0.05) is 13.3 Å². The second-order valence-corrected chi connectivity index (χ2v) is 4.50. The van der Waals surface area contributed by atoms with E-state index in [1.54, 1.807) is 14.2 Å². The van der Waals surface area contributed by atoms with Crippen LogP contribution in [-0.4, -0.2) is 24.2 Å². The number of ether oxygens (including phenoxy) is 2. The Balaban J connectivity index is 2.50. The molecule has 21 heavy (non-hydrogen) atoms. The fourth-order valence-electron chi connectivity index (χ4n) is 2.08. The summed E-state index contributed by atoms with van der Waals surface area (Å²) in [5.74, 6) is 1.47. The van der Waals surface area contributed by atoms with Gasteiger partial charge in [-0.3, -0.25) is 0 Å². The van der Waals surface area contributed by atoms with Gasteiger partial charge in [0.2, 0.25) is 5.82 Å². The van der Waals surface area contributed by atoms with Crippen molar-refractivity contribution in [1.29, 1.82) is 5.26 Å². The zero-order valence-electron chi connectivity index (χ0n) is 12.4. The molecule has 0 aliphatic carbocycles. The fourth-order valence-corrected chi connectivity index (χ4v) is 2.08. The van der Waals surface area contributed by atoms with Crippen molar-refractivity contribution < 1.29 is 9.47 Å². The van der Waals surface area contributed by atoms with Gasteiger partial charge < -0.3 is 9.47 Å². The van der Waals surface area contributed by atoms with Crippen LogP contribution in [0.2, 0.25) is 0 Å². The van der Waals surface area contributed by atoms with E-state index in [0.717, 1.165) is 24.1 Å². The number of benzene rings is 1. The highest BCUT2D eigenvalue weighted by molar-refractivity contribution is 5.64. The number of methoxy groups -OCH3 is 2. The topological polar surface area (TPSA) is 68.0 Å². The van der Waals surface area contributed by atoms with Crippen LogP contribution in [0.1, 0.15) is 24.9 Å². The second kappa shape index (κ2) is 6.71. The zero-order chi connectivity index (χ0) is 15.2. The first-order chi connectivity index (χ1) is 10.2. The van der Waals surface area contributed by atoms with Crippen LogP contribution in [0.4, 0.5) is 0 Å². The number of nitrogens with zero attached hydrogens (tertiary/aromatic N) is 3. The maximum Gasteiger partial charge on any atom is 0.232 e. The molecule has 2 aromatic rings. The van der Waals surface area contributed by atoms with Crippen molar-refractivity contribution in [2.45, 2.75) is 19.8 Å². The lowest BCUT2D eigenvalue weighted by molar-refractivity contribution is 0.355. The first kappa shape index (κ1) is 14.8. The molecule has 0 saturated heterocycles. The summed E-state index contributed by atoms with van der Waals surface area (Å²) in [7, 11) is 3.18. The van der Waals surface area contributed by atoms with Crippen molar-refractivity contribution in [2.24, 2.45) is 0 Å². The van der Waals surface area contributed by atoms with Gasteiger partial charge in [-0.25, -0.2) is 9.97 Å². The molecule has 5 heteroatoms. The van der Waals surface area contributed by atoms with Gasteiger partial charge >= 0.3 is 0 Å². The molecule has 0 bridgehead atoms. The minimum absolute atomic E-state index is 0.186. The van der Waals surface area contributed by atoms with Crippen molar-refractivity contribution in [3.8, 4) is 28.8 Å². The molecule has 1 heterocycles. The highest BCUT2D eigenvalue weighted by atomic mass is 16.5. The zero-order valence-corrected chi connectivity index (χ0v) is 12.4. The van der Waals surface area contributed by atoms with E-state index in [1.165, 1.54) is 0 Å². The van der Waals surface area contributed by atoms with Crippen LogP contribution < -0.4 is 9.47 Å². The van der Waals surface area contributed by atoms with Gasteiger partial charge in [-0.05, 0) is 30.7 Å². The van der Waals surface area contributed by atoms with E-state index in [0.29, 0.717) is 17.2 Å². The smallest absolute Gasteiger partial charge is 0.232 e. The molecule has 0 fully saturated rings. The van der Waals surface area contributed by atoms with Gasteiger partial charge in [0.05, 0.1) is 19.9 Å². The Morgan fingerprint density at radius 3 is 2.48 bits per heavy atom. The summed E-state index contributed by atoms with van der Waals surface area (Å²) < 4.78 is 10.5. The Hall–Kier alpha value is -2.61. The van der Waals surface area contributed by atoms with Gasteiger partial charge in [-0.15, -0.1) is 0 Å². The van der Waals surface area contributed by atoms with Crippen LogP contribution >= 0.6 is 0 Å². The molecule has 2 rings (SSSR count). The van der Waals surface area contributed by atoms with E-state index in [2.05, 4.69) is 16.9 Å². The number of aromatic nitrogens is 2. The van der Waals surface area contributed by atoms with Crippen LogP contribution in [0.25, 0.3) is 11.3 Å². The highest BCUT2D eigenvalue weighted by Crippen LogP contribution is 2.31. The molecule has 0 N–H and O–H groups in total. The molecule has 0 aliphatic rings. The highest BCUT2D eigenvalue weighted by Gasteiger charge is 2.10. The summed E-state index contributed by atoms with van der Waals surface area (Å²) in [6.07, 6.45) is 1.78. The lowest BCUT2D eigenvalue weighted by Gasteiger charge is -2.10. The van der Waals surface area contributed by atoms with E-state index < -0.39 is 0 Å². The van der Waals surface area contributed by atoms with E-state index in [9.17, 15) is 0 Å². The van der Waals surface area contributed by atoms with Crippen molar-refractivity contribution in [2.75, 3.05) is 14.2 Å². The largest absolute Gasteiger partial charge is 0.493 e. The summed E-state index contributed by atoms with van der Waals surface area (Å²) in [5, 5.41) is 9.06. The Labute approximate surface area is 124 Å². The third-order valence-corrected chi connectivity index (χ3v) is 3.06. The standard InChI is InChI=1S/C16H17N3O2/c1-4-5-12-9-13(19-16(10-17)18-12)11-6-7-14(20-2)15(8-11)21-3/h6-9H,4-5H2,1-3H3. The lowest BCUT2D eigenvalue weighted by atomic mass is 10.1. The third kappa shape index (κ3) is 3.29. The Kier molecular flexibility index (Phi) is 4.72. The predicted molar refractivity (Wildman–Crippen MR) is 79.3 cm³/mol. The Morgan fingerprint density at radius 1 is 1.10 bits per heavy atom. The number of nitriles is 1. The van der Waals surface area contributed by atoms with Crippen molar-refractivity contribution >= 4 is 0 Å². The van der Waals surface area contributed by atoms with E-state index in [-0.39, 0.29) is 5.82 Å². The molecule has 0 atom stereocenters. The summed E-state index contributed by atoms with van der Waals surface area (Å²) in [4.78, 5) is 8.48. The summed E-state index contributed by atoms with van der Waals surface area (Å²) >= 11 is 0. The van der Waals surface area contributed by atoms with Gasteiger partial charge in [-0.2, -0.15) is 5.26 Å². The van der Waals surface area contributed by atoms with E-state index in [1.807, 2.05) is 30.3 Å². The molecule has 0 spiro atoms. The maximum atomic E-state index is 9.06. The molecule has 1 aromatic heterocycles. The van der Waals surface area contributed by atoms with Gasteiger partial charge in [0.1, 0.15) is 6.07 Å². The number of rotatable bonds is 5. The quantitative estimate of drug-likeness (QED) is 0.843. The van der Waals surface area contributed by atoms with Gasteiger partial charge in [0, 0.05) is 11.3 Å². The monoisotopic (exact) mass is 283 g/mol. The Morgan fingerprint density at radius 2 is 1.86 bits per heavy atom. The van der Waals surface area contributed by atoms with Crippen molar-refractivity contribution in [1.82, 2.24) is 9.97 Å². The lowest BCUT2D eigenvalue weighted by Crippen LogP contribution is -1.99. The molecule has 0 saturated carbocycles. The van der Waals surface area contributed by atoms with Crippen LogP contribution in [0.5, 0.6) is 11.5 Å². The minimum Gasteiger partial charge on any atom is -0.493 e. The van der Waals surface area contributed by atoms with Crippen LogP contribution in [0, 0.1) is 11.3 Å². The summed E-state index contributed by atoms with van der Waals surface area (Å²) in [6, 6.07) is 9.47. The second-order valence-electron chi connectivity index (χ2n) is 4.50. The molecule has 5 nitrogen and oxygen atoms in total. The summed E-state index contributed by atoms with van der Waals surface area (Å²) in [6.45, 7) is 2.07. The maximum absolute atomic E-state index is 9.06. The molecule has 0 unspecified atom stereocenters. The first-order valence-corrected chi connectivity index (χ1v) is 6.72. The SMILES string of the molecule is CCCc1cc(-c2ccc(OC)c(OC)c2)nc(C#N)n1. The molecule has 0 amide bonds. The number of hydrogen-bond donors (Lipinski definition) is 0.